The van der Waals surface area contributed by atoms with Gasteiger partial charge in [0.1, 0.15) is 5.82 Å². The van der Waals surface area contributed by atoms with E-state index in [4.69, 9.17) is 4.74 Å². The third-order valence-corrected chi connectivity index (χ3v) is 4.22. The highest BCUT2D eigenvalue weighted by atomic mass is 19.1. The SMILES string of the molecule is COCCN1CCN(Cc2cn[nH]c2-c2ccccc2F)CC1=O. The molecule has 0 radical (unpaired) electrons. The van der Waals surface area contributed by atoms with Gasteiger partial charge in [-0.2, -0.15) is 5.10 Å². The van der Waals surface area contributed by atoms with Gasteiger partial charge in [0.15, 0.2) is 0 Å². The number of aromatic nitrogens is 2. The fraction of sp³-hybridized carbons (Fsp3) is 0.412. The van der Waals surface area contributed by atoms with Crippen LogP contribution in [0.15, 0.2) is 30.5 Å². The van der Waals surface area contributed by atoms with Gasteiger partial charge in [0.2, 0.25) is 5.91 Å². The summed E-state index contributed by atoms with van der Waals surface area (Å²) in [5.41, 5.74) is 2.05. The number of piperazine rings is 1. The molecule has 1 amide bonds. The molecule has 2 heterocycles. The zero-order valence-electron chi connectivity index (χ0n) is 13.7. The number of ether oxygens (including phenoxy) is 1. The fourth-order valence-electron chi connectivity index (χ4n) is 2.90. The maximum atomic E-state index is 14.0. The van der Waals surface area contributed by atoms with E-state index in [0.29, 0.717) is 44.0 Å². The second-order valence-electron chi connectivity index (χ2n) is 5.83. The van der Waals surface area contributed by atoms with Crippen molar-refractivity contribution in [1.82, 2.24) is 20.0 Å². The number of carbonyl (C=O) groups is 1. The molecule has 1 aliphatic heterocycles. The number of nitrogens with zero attached hydrogens (tertiary/aromatic N) is 3. The molecule has 6 nitrogen and oxygen atoms in total. The van der Waals surface area contributed by atoms with E-state index in [9.17, 15) is 9.18 Å². The average Bonchev–Trinajstić information content (AvgIpc) is 3.02. The lowest BCUT2D eigenvalue weighted by atomic mass is 10.1. The van der Waals surface area contributed by atoms with Crippen molar-refractivity contribution in [1.29, 1.82) is 0 Å². The number of hydrogen-bond acceptors (Lipinski definition) is 4. The Bertz CT molecular complexity index is 703. The van der Waals surface area contributed by atoms with Crippen molar-refractivity contribution in [2.24, 2.45) is 0 Å². The van der Waals surface area contributed by atoms with Crippen LogP contribution in [0.25, 0.3) is 11.3 Å². The van der Waals surface area contributed by atoms with Crippen LogP contribution in [0, 0.1) is 5.82 Å². The summed E-state index contributed by atoms with van der Waals surface area (Å²) >= 11 is 0. The van der Waals surface area contributed by atoms with Crippen LogP contribution in [0.5, 0.6) is 0 Å². The first-order valence-electron chi connectivity index (χ1n) is 7.95. The number of methoxy groups -OCH3 is 1. The number of H-pyrrole nitrogens is 1. The summed E-state index contributed by atoms with van der Waals surface area (Å²) in [5.74, 6) is -0.197. The van der Waals surface area contributed by atoms with E-state index < -0.39 is 0 Å². The quantitative estimate of drug-likeness (QED) is 0.871. The molecule has 0 saturated carbocycles. The van der Waals surface area contributed by atoms with Crippen molar-refractivity contribution in [3.05, 3.63) is 41.8 Å². The van der Waals surface area contributed by atoms with Crippen LogP contribution >= 0.6 is 0 Å². The Morgan fingerprint density at radius 3 is 2.92 bits per heavy atom. The Hall–Kier alpha value is -2.25. The van der Waals surface area contributed by atoms with Gasteiger partial charge in [-0.25, -0.2) is 4.39 Å². The van der Waals surface area contributed by atoms with Crippen LogP contribution in [-0.4, -0.2) is 65.8 Å². The van der Waals surface area contributed by atoms with Crippen molar-refractivity contribution < 1.29 is 13.9 Å². The van der Waals surface area contributed by atoms with Crippen molar-refractivity contribution in [3.8, 4) is 11.3 Å². The lowest BCUT2D eigenvalue weighted by Crippen LogP contribution is -2.50. The van der Waals surface area contributed by atoms with E-state index in [1.54, 1.807) is 31.5 Å². The maximum absolute atomic E-state index is 14.0. The second-order valence-corrected chi connectivity index (χ2v) is 5.83. The number of halogens is 1. The highest BCUT2D eigenvalue weighted by Gasteiger charge is 2.24. The molecule has 0 aliphatic carbocycles. The average molecular weight is 332 g/mol. The van der Waals surface area contributed by atoms with Crippen LogP contribution in [0.3, 0.4) is 0 Å². The predicted octanol–water partition coefficient (Wildman–Crippen LogP) is 1.51. The molecule has 1 aromatic carbocycles. The number of aromatic amines is 1. The lowest BCUT2D eigenvalue weighted by Gasteiger charge is -2.34. The Labute approximate surface area is 140 Å². The number of hydrogen-bond donors (Lipinski definition) is 1. The summed E-state index contributed by atoms with van der Waals surface area (Å²) in [4.78, 5) is 16.1. The summed E-state index contributed by atoms with van der Waals surface area (Å²) in [6.45, 7) is 3.53. The first-order valence-corrected chi connectivity index (χ1v) is 7.95. The van der Waals surface area contributed by atoms with E-state index in [2.05, 4.69) is 15.1 Å². The van der Waals surface area contributed by atoms with E-state index in [1.807, 2.05) is 4.90 Å². The van der Waals surface area contributed by atoms with Crippen molar-refractivity contribution in [2.75, 3.05) is 39.9 Å². The molecule has 0 bridgehead atoms. The van der Waals surface area contributed by atoms with Gasteiger partial charge in [0.05, 0.1) is 25.0 Å². The Balaban J connectivity index is 1.67. The van der Waals surface area contributed by atoms with Crippen LogP contribution in [-0.2, 0) is 16.1 Å². The number of rotatable bonds is 6. The molecule has 1 aliphatic rings. The molecule has 3 rings (SSSR count). The first-order chi connectivity index (χ1) is 11.7. The van der Waals surface area contributed by atoms with Gasteiger partial charge in [-0.3, -0.25) is 14.8 Å². The number of amides is 1. The largest absolute Gasteiger partial charge is 0.383 e. The summed E-state index contributed by atoms with van der Waals surface area (Å²) in [7, 11) is 1.63. The highest BCUT2D eigenvalue weighted by Crippen LogP contribution is 2.25. The molecular formula is C17H21FN4O2. The highest BCUT2D eigenvalue weighted by molar-refractivity contribution is 5.79. The predicted molar refractivity (Wildman–Crippen MR) is 87.7 cm³/mol. The van der Waals surface area contributed by atoms with E-state index in [0.717, 1.165) is 12.1 Å². The van der Waals surface area contributed by atoms with Gasteiger partial charge in [-0.05, 0) is 12.1 Å². The molecule has 1 saturated heterocycles. The third kappa shape index (κ3) is 3.63. The van der Waals surface area contributed by atoms with Crippen LogP contribution in [0.4, 0.5) is 4.39 Å². The normalized spacial score (nSPS) is 15.9. The molecule has 128 valence electrons. The minimum Gasteiger partial charge on any atom is -0.383 e. The molecule has 1 N–H and O–H groups in total. The van der Waals surface area contributed by atoms with Gasteiger partial charge in [-0.15, -0.1) is 0 Å². The third-order valence-electron chi connectivity index (χ3n) is 4.22. The summed E-state index contributed by atoms with van der Waals surface area (Å²) in [6, 6.07) is 6.60. The van der Waals surface area contributed by atoms with Gasteiger partial charge >= 0.3 is 0 Å². The summed E-state index contributed by atoms with van der Waals surface area (Å²) in [6.07, 6.45) is 1.70. The Morgan fingerprint density at radius 1 is 1.33 bits per heavy atom. The molecule has 0 unspecified atom stereocenters. The molecule has 24 heavy (non-hydrogen) atoms. The zero-order chi connectivity index (χ0) is 16.9. The minimum absolute atomic E-state index is 0.0919. The van der Waals surface area contributed by atoms with Crippen molar-refractivity contribution in [2.45, 2.75) is 6.54 Å². The molecule has 1 fully saturated rings. The van der Waals surface area contributed by atoms with Gasteiger partial charge < -0.3 is 9.64 Å². The zero-order valence-corrected chi connectivity index (χ0v) is 13.7. The van der Waals surface area contributed by atoms with Crippen molar-refractivity contribution >= 4 is 5.91 Å². The molecular weight excluding hydrogens is 311 g/mol. The molecule has 7 heteroatoms. The first kappa shape index (κ1) is 16.6. The van der Waals surface area contributed by atoms with E-state index >= 15 is 0 Å². The maximum Gasteiger partial charge on any atom is 0.236 e. The molecule has 0 spiro atoms. The summed E-state index contributed by atoms with van der Waals surface area (Å²) < 4.78 is 19.0. The molecule has 0 atom stereocenters. The smallest absolute Gasteiger partial charge is 0.236 e. The minimum atomic E-state index is -0.288. The van der Waals surface area contributed by atoms with E-state index in [-0.39, 0.29) is 11.7 Å². The molecule has 1 aromatic heterocycles. The van der Waals surface area contributed by atoms with Crippen molar-refractivity contribution in [3.63, 3.8) is 0 Å². The van der Waals surface area contributed by atoms with Gasteiger partial charge in [0, 0.05) is 44.4 Å². The van der Waals surface area contributed by atoms with Crippen LogP contribution < -0.4 is 0 Å². The molecule has 2 aromatic rings. The summed E-state index contributed by atoms with van der Waals surface area (Å²) in [5, 5.41) is 6.92. The second kappa shape index (κ2) is 7.55. The number of nitrogens with one attached hydrogen (secondary N) is 1. The fourth-order valence-corrected chi connectivity index (χ4v) is 2.90. The monoisotopic (exact) mass is 332 g/mol. The van der Waals surface area contributed by atoms with Crippen LogP contribution in [0.1, 0.15) is 5.56 Å². The standard InChI is InChI=1S/C17H21FN4O2/c1-24-9-8-22-7-6-21(12-16(22)23)11-13-10-19-20-17(13)14-4-2-3-5-15(14)18/h2-5,10H,6-9,11-12H2,1H3,(H,19,20). The topological polar surface area (TPSA) is 61.5 Å². The number of benzene rings is 1. The lowest BCUT2D eigenvalue weighted by molar-refractivity contribution is -0.136. The number of carbonyl (C=O) groups excluding carboxylic acids is 1. The van der Waals surface area contributed by atoms with E-state index in [1.165, 1.54) is 6.07 Å². The van der Waals surface area contributed by atoms with Crippen LogP contribution in [0.2, 0.25) is 0 Å². The Kier molecular flexibility index (Phi) is 5.22. The van der Waals surface area contributed by atoms with Gasteiger partial charge in [-0.1, -0.05) is 12.1 Å². The Morgan fingerprint density at radius 2 is 2.17 bits per heavy atom. The van der Waals surface area contributed by atoms with Gasteiger partial charge in [0.25, 0.3) is 0 Å².